The van der Waals surface area contributed by atoms with E-state index in [2.05, 4.69) is 9.97 Å². The number of thiazole rings is 1. The maximum Gasteiger partial charge on any atom is 0.334 e. The predicted molar refractivity (Wildman–Crippen MR) is 113 cm³/mol. The van der Waals surface area contributed by atoms with Gasteiger partial charge in [0.15, 0.2) is 10.9 Å². The van der Waals surface area contributed by atoms with E-state index in [4.69, 9.17) is 0 Å². The van der Waals surface area contributed by atoms with Crippen LogP contribution in [-0.2, 0) is 13.0 Å². The number of pyridine rings is 1. The molecule has 0 fully saturated rings. The van der Waals surface area contributed by atoms with Crippen LogP contribution in [0.1, 0.15) is 32.9 Å². The van der Waals surface area contributed by atoms with Crippen LogP contribution in [0.25, 0.3) is 5.13 Å². The van der Waals surface area contributed by atoms with Crippen LogP contribution in [0, 0.1) is 12.7 Å². The third kappa shape index (κ3) is 4.28. The van der Waals surface area contributed by atoms with Gasteiger partial charge in [-0.05, 0) is 42.7 Å². The van der Waals surface area contributed by atoms with E-state index in [1.54, 1.807) is 43.8 Å². The number of halogens is 1. The first-order chi connectivity index (χ1) is 14.5. The molecule has 8 heteroatoms. The van der Waals surface area contributed by atoms with Gasteiger partial charge in [0.1, 0.15) is 5.82 Å². The molecule has 0 atom stereocenters. The van der Waals surface area contributed by atoms with Gasteiger partial charge in [-0.2, -0.15) is 0 Å². The molecule has 3 heterocycles. The molecule has 0 saturated carbocycles. The quantitative estimate of drug-likeness (QED) is 0.425. The molecule has 0 saturated heterocycles. The topological polar surface area (TPSA) is 69.8 Å². The van der Waals surface area contributed by atoms with E-state index in [0.29, 0.717) is 35.1 Å². The summed E-state index contributed by atoms with van der Waals surface area (Å²) in [5.41, 5.74) is 2.17. The molecule has 1 aromatic carbocycles. The molecule has 0 spiro atoms. The highest BCUT2D eigenvalue weighted by atomic mass is 32.1. The third-order valence-corrected chi connectivity index (χ3v) is 5.92. The largest absolute Gasteiger partial charge is 0.334 e. The summed E-state index contributed by atoms with van der Waals surface area (Å²) in [6.07, 6.45) is 7.70. The van der Waals surface area contributed by atoms with Gasteiger partial charge in [0.05, 0.1) is 17.1 Å². The third-order valence-electron chi connectivity index (χ3n) is 4.72. The van der Waals surface area contributed by atoms with Crippen molar-refractivity contribution in [3.8, 4) is 5.13 Å². The van der Waals surface area contributed by atoms with E-state index in [-0.39, 0.29) is 17.3 Å². The number of carbonyl (C=O) groups excluding carboxylic acids is 1. The molecule has 3 aromatic heterocycles. The van der Waals surface area contributed by atoms with Crippen molar-refractivity contribution in [2.24, 2.45) is 0 Å². The molecule has 0 aliphatic heterocycles. The molecule has 0 radical (unpaired) electrons. The molecule has 0 bridgehead atoms. The molecular weight excluding hydrogens is 403 g/mol. The smallest absolute Gasteiger partial charge is 0.294 e. The molecule has 0 aliphatic rings. The Labute approximate surface area is 176 Å². The standard InChI is InChI=1S/C22H19FN4O2S/c1-15-20(19(28)9-6-16-3-2-10-24-13-16)30-21(25-15)27-12-11-26(22(27)29)14-17-4-7-18(23)8-5-17/h2-5,7-8,10-13H,6,9,14H2,1H3. The Morgan fingerprint density at radius 1 is 1.13 bits per heavy atom. The Balaban J connectivity index is 1.51. The molecule has 0 aliphatic carbocycles. The van der Waals surface area contributed by atoms with Gasteiger partial charge < -0.3 is 0 Å². The van der Waals surface area contributed by atoms with Crippen molar-refractivity contribution in [2.45, 2.75) is 26.3 Å². The number of hydrogen-bond donors (Lipinski definition) is 0. The van der Waals surface area contributed by atoms with Crippen LogP contribution in [0.3, 0.4) is 0 Å². The number of aryl methyl sites for hydroxylation is 2. The van der Waals surface area contributed by atoms with Crippen LogP contribution in [0.2, 0.25) is 0 Å². The fourth-order valence-electron chi connectivity index (χ4n) is 3.13. The predicted octanol–water partition coefficient (Wildman–Crippen LogP) is 3.80. The van der Waals surface area contributed by atoms with Crippen molar-refractivity contribution in [1.29, 1.82) is 0 Å². The van der Waals surface area contributed by atoms with Crippen molar-refractivity contribution in [1.82, 2.24) is 19.1 Å². The number of ketones is 1. The number of imidazole rings is 1. The lowest BCUT2D eigenvalue weighted by Crippen LogP contribution is -2.23. The zero-order valence-electron chi connectivity index (χ0n) is 16.3. The monoisotopic (exact) mass is 422 g/mol. The maximum atomic E-state index is 13.1. The maximum absolute atomic E-state index is 13.1. The highest BCUT2D eigenvalue weighted by molar-refractivity contribution is 7.16. The molecule has 0 amide bonds. The molecule has 4 aromatic rings. The van der Waals surface area contributed by atoms with Gasteiger partial charge in [0.25, 0.3) is 0 Å². The first-order valence-corrected chi connectivity index (χ1v) is 10.2. The van der Waals surface area contributed by atoms with E-state index in [1.165, 1.54) is 32.6 Å². The second-order valence-electron chi connectivity index (χ2n) is 6.90. The van der Waals surface area contributed by atoms with Crippen molar-refractivity contribution in [3.63, 3.8) is 0 Å². The second kappa shape index (κ2) is 8.54. The van der Waals surface area contributed by atoms with E-state index in [9.17, 15) is 14.0 Å². The first-order valence-electron chi connectivity index (χ1n) is 9.43. The molecule has 152 valence electrons. The summed E-state index contributed by atoms with van der Waals surface area (Å²) in [5, 5.41) is 0.458. The van der Waals surface area contributed by atoms with Crippen molar-refractivity contribution < 1.29 is 9.18 Å². The first kappa shape index (κ1) is 19.9. The summed E-state index contributed by atoms with van der Waals surface area (Å²) in [6, 6.07) is 9.81. The number of rotatable bonds is 7. The van der Waals surface area contributed by atoms with Crippen molar-refractivity contribution in [3.05, 3.63) is 99.2 Å². The molecule has 30 heavy (non-hydrogen) atoms. The number of carbonyl (C=O) groups is 1. The summed E-state index contributed by atoms with van der Waals surface area (Å²) in [4.78, 5) is 34.5. The Kier molecular flexibility index (Phi) is 5.67. The van der Waals surface area contributed by atoms with Gasteiger partial charge in [-0.25, -0.2) is 18.7 Å². The number of Topliss-reactive ketones (excluding diaryl/α,β-unsaturated/α-hetero) is 1. The van der Waals surface area contributed by atoms with Crippen LogP contribution in [0.4, 0.5) is 4.39 Å². The van der Waals surface area contributed by atoms with Crippen LogP contribution in [0.15, 0.2) is 66.0 Å². The molecule has 0 unspecified atom stereocenters. The van der Waals surface area contributed by atoms with Crippen molar-refractivity contribution in [2.75, 3.05) is 0 Å². The lowest BCUT2D eigenvalue weighted by Gasteiger charge is -2.01. The van der Waals surface area contributed by atoms with E-state index in [0.717, 1.165) is 11.1 Å². The van der Waals surface area contributed by atoms with Gasteiger partial charge in [-0.1, -0.05) is 29.5 Å². The van der Waals surface area contributed by atoms with Crippen LogP contribution >= 0.6 is 11.3 Å². The minimum atomic E-state index is -0.317. The van der Waals surface area contributed by atoms with E-state index >= 15 is 0 Å². The lowest BCUT2D eigenvalue weighted by molar-refractivity contribution is 0.0986. The van der Waals surface area contributed by atoms with Crippen LogP contribution in [-0.4, -0.2) is 24.9 Å². The fraction of sp³-hybridized carbons (Fsp3) is 0.182. The molecular formula is C22H19FN4O2S. The van der Waals surface area contributed by atoms with Crippen LogP contribution < -0.4 is 5.69 Å². The number of benzene rings is 1. The summed E-state index contributed by atoms with van der Waals surface area (Å²) in [6.45, 7) is 2.10. The SMILES string of the molecule is Cc1nc(-n2ccn(Cc3ccc(F)cc3)c2=O)sc1C(=O)CCc1cccnc1. The zero-order chi connectivity index (χ0) is 21.1. The fourth-order valence-corrected chi connectivity index (χ4v) is 4.14. The van der Waals surface area contributed by atoms with Gasteiger partial charge in [-0.15, -0.1) is 0 Å². The van der Waals surface area contributed by atoms with Gasteiger partial charge in [0.2, 0.25) is 0 Å². The highest BCUT2D eigenvalue weighted by Gasteiger charge is 2.18. The van der Waals surface area contributed by atoms with Crippen molar-refractivity contribution >= 4 is 17.1 Å². The average Bonchev–Trinajstić information content (AvgIpc) is 3.31. The number of nitrogens with zero attached hydrogens (tertiary/aromatic N) is 4. The number of hydrogen-bond acceptors (Lipinski definition) is 5. The van der Waals surface area contributed by atoms with Crippen LogP contribution in [0.5, 0.6) is 0 Å². The Hall–Kier alpha value is -3.39. The molecule has 0 N–H and O–H groups in total. The van der Waals surface area contributed by atoms with Gasteiger partial charge in [0, 0.05) is 31.2 Å². The van der Waals surface area contributed by atoms with E-state index in [1.807, 2.05) is 12.1 Å². The average molecular weight is 422 g/mol. The van der Waals surface area contributed by atoms with Gasteiger partial charge in [-0.3, -0.25) is 14.3 Å². The second-order valence-corrected chi connectivity index (χ2v) is 7.88. The Morgan fingerprint density at radius 2 is 1.93 bits per heavy atom. The lowest BCUT2D eigenvalue weighted by atomic mass is 10.1. The minimum absolute atomic E-state index is 0.00102. The highest BCUT2D eigenvalue weighted by Crippen LogP contribution is 2.23. The summed E-state index contributed by atoms with van der Waals surface area (Å²) in [7, 11) is 0. The minimum Gasteiger partial charge on any atom is -0.294 e. The molecule has 6 nitrogen and oxygen atoms in total. The van der Waals surface area contributed by atoms with E-state index < -0.39 is 0 Å². The normalized spacial score (nSPS) is 11.0. The Bertz CT molecular complexity index is 1230. The summed E-state index contributed by atoms with van der Waals surface area (Å²) < 4.78 is 16.0. The summed E-state index contributed by atoms with van der Waals surface area (Å²) in [5.74, 6) is -0.318. The molecule has 4 rings (SSSR count). The number of aromatic nitrogens is 4. The zero-order valence-corrected chi connectivity index (χ0v) is 17.1. The van der Waals surface area contributed by atoms with Gasteiger partial charge >= 0.3 is 5.69 Å². The summed E-state index contributed by atoms with van der Waals surface area (Å²) >= 11 is 1.22. The Morgan fingerprint density at radius 3 is 2.67 bits per heavy atom.